The quantitative estimate of drug-likeness (QED) is 0.112. The molecule has 0 spiro atoms. The summed E-state index contributed by atoms with van der Waals surface area (Å²) in [5.74, 6) is -0.0976. The van der Waals surface area contributed by atoms with Gasteiger partial charge in [-0.1, -0.05) is 70.0 Å². The molecule has 1 aromatic heterocycles. The van der Waals surface area contributed by atoms with E-state index in [4.69, 9.17) is 16.3 Å². The number of hydrogen-bond donors (Lipinski definition) is 0. The Morgan fingerprint density at radius 3 is 2.58 bits per heavy atom. The van der Waals surface area contributed by atoms with Crippen LogP contribution in [0.5, 0.6) is 5.75 Å². The van der Waals surface area contributed by atoms with Crippen LogP contribution in [-0.2, 0) is 11.3 Å². The van der Waals surface area contributed by atoms with E-state index in [9.17, 15) is 14.4 Å². The molecule has 1 aliphatic heterocycles. The van der Waals surface area contributed by atoms with E-state index in [0.29, 0.717) is 29.5 Å². The fraction of sp³-hybridized carbons (Fsp3) is 0.138. The van der Waals surface area contributed by atoms with Crippen LogP contribution < -0.4 is 4.74 Å². The fourth-order valence-electron chi connectivity index (χ4n) is 4.21. The van der Waals surface area contributed by atoms with Crippen LogP contribution in [0.3, 0.4) is 0 Å². The lowest BCUT2D eigenvalue weighted by Crippen LogP contribution is -2.33. The first kappa shape index (κ1) is 26.3. The van der Waals surface area contributed by atoms with Crippen molar-refractivity contribution >= 4 is 73.2 Å². The molecule has 3 aromatic carbocycles. The highest BCUT2D eigenvalue weighted by Gasteiger charge is 2.36. The first-order chi connectivity index (χ1) is 18.4. The highest BCUT2D eigenvalue weighted by Crippen LogP contribution is 2.35. The number of ether oxygens (including phenoxy) is 1. The molecule has 2 heterocycles. The van der Waals surface area contributed by atoms with Gasteiger partial charge in [-0.3, -0.25) is 19.3 Å². The van der Waals surface area contributed by atoms with Gasteiger partial charge >= 0.3 is 0 Å². The number of hydrogen-bond acceptors (Lipinski definition) is 5. The van der Waals surface area contributed by atoms with Crippen molar-refractivity contribution in [2.24, 2.45) is 0 Å². The van der Waals surface area contributed by atoms with Gasteiger partial charge in [-0.25, -0.2) is 0 Å². The Labute approximate surface area is 237 Å². The summed E-state index contributed by atoms with van der Waals surface area (Å²) in [4.78, 5) is 39.6. The van der Waals surface area contributed by atoms with Crippen LogP contribution in [0.4, 0.5) is 4.79 Å². The summed E-state index contributed by atoms with van der Waals surface area (Å²) < 4.78 is 8.83. The molecule has 2 amide bonds. The third-order valence-corrected chi connectivity index (χ3v) is 7.78. The monoisotopic (exact) mass is 608 g/mol. The molecule has 0 saturated carbocycles. The normalized spacial score (nSPS) is 14.6. The van der Waals surface area contributed by atoms with Crippen molar-refractivity contribution in [1.29, 1.82) is 0 Å². The molecule has 0 atom stereocenters. The van der Waals surface area contributed by atoms with E-state index in [1.807, 2.05) is 42.6 Å². The third kappa shape index (κ3) is 5.72. The minimum atomic E-state index is -0.465. The second kappa shape index (κ2) is 11.6. The third-order valence-electron chi connectivity index (χ3n) is 6.07. The molecule has 0 unspecified atom stereocenters. The van der Waals surface area contributed by atoms with Crippen LogP contribution in [0.1, 0.15) is 22.3 Å². The maximum absolute atomic E-state index is 13.1. The molecular formula is C29H22BrClN2O4S. The van der Waals surface area contributed by atoms with Gasteiger partial charge < -0.3 is 9.30 Å². The number of ketones is 1. The Morgan fingerprint density at radius 2 is 1.79 bits per heavy atom. The van der Waals surface area contributed by atoms with Crippen molar-refractivity contribution in [3.63, 3.8) is 0 Å². The molecule has 6 nitrogen and oxygen atoms in total. The number of aryl methyl sites for hydroxylation is 1. The number of rotatable bonds is 9. The van der Waals surface area contributed by atoms with E-state index in [1.165, 1.54) is 0 Å². The lowest BCUT2D eigenvalue weighted by Gasteiger charge is -2.11. The van der Waals surface area contributed by atoms with Gasteiger partial charge in [-0.05, 0) is 54.6 Å². The van der Waals surface area contributed by atoms with Crippen molar-refractivity contribution in [2.75, 3.05) is 13.2 Å². The van der Waals surface area contributed by atoms with Crippen molar-refractivity contribution in [1.82, 2.24) is 9.47 Å². The second-order valence-electron chi connectivity index (χ2n) is 8.63. The van der Waals surface area contributed by atoms with Crippen molar-refractivity contribution in [2.45, 2.75) is 13.0 Å². The van der Waals surface area contributed by atoms with Gasteiger partial charge in [-0.15, -0.1) is 0 Å². The maximum Gasteiger partial charge on any atom is 0.293 e. The Bertz CT molecular complexity index is 1570. The number of imide groups is 1. The van der Waals surface area contributed by atoms with E-state index in [1.54, 1.807) is 42.5 Å². The summed E-state index contributed by atoms with van der Waals surface area (Å²) in [5, 5.41) is 1.07. The molecule has 38 heavy (non-hydrogen) atoms. The van der Waals surface area contributed by atoms with Crippen LogP contribution in [0.15, 0.2) is 88.4 Å². The zero-order valence-electron chi connectivity index (χ0n) is 20.1. The molecule has 5 rings (SSSR count). The van der Waals surface area contributed by atoms with Gasteiger partial charge in [0.05, 0.1) is 23.1 Å². The SMILES string of the molecule is O=C(CN1C(=O)S/C(=C\c2cn(CCCOc3ccccc3Cl)c3ccc(Br)cc23)C1=O)c1ccccc1. The molecule has 192 valence electrons. The van der Waals surface area contributed by atoms with Gasteiger partial charge in [-0.2, -0.15) is 0 Å². The summed E-state index contributed by atoms with van der Waals surface area (Å²) >= 11 is 10.6. The van der Waals surface area contributed by atoms with E-state index in [-0.39, 0.29) is 17.2 Å². The smallest absolute Gasteiger partial charge is 0.293 e. The zero-order valence-corrected chi connectivity index (χ0v) is 23.3. The summed E-state index contributed by atoms with van der Waals surface area (Å²) in [7, 11) is 0. The molecule has 1 saturated heterocycles. The average Bonchev–Trinajstić information content (AvgIpc) is 3.39. The highest BCUT2D eigenvalue weighted by molar-refractivity contribution is 9.10. The van der Waals surface area contributed by atoms with Gasteiger partial charge in [0.15, 0.2) is 5.78 Å². The van der Waals surface area contributed by atoms with Crippen LogP contribution in [0, 0.1) is 0 Å². The largest absolute Gasteiger partial charge is 0.492 e. The molecule has 0 radical (unpaired) electrons. The van der Waals surface area contributed by atoms with Gasteiger partial charge in [0.25, 0.3) is 11.1 Å². The lowest BCUT2D eigenvalue weighted by atomic mass is 10.1. The minimum absolute atomic E-state index is 0.284. The minimum Gasteiger partial charge on any atom is -0.492 e. The number of fused-ring (bicyclic) bond motifs is 1. The van der Waals surface area contributed by atoms with E-state index < -0.39 is 11.1 Å². The van der Waals surface area contributed by atoms with Crippen LogP contribution in [0.25, 0.3) is 17.0 Å². The van der Waals surface area contributed by atoms with Crippen molar-refractivity contribution < 1.29 is 19.1 Å². The molecule has 1 aliphatic rings. The Hall–Kier alpha value is -3.33. The average molecular weight is 610 g/mol. The molecule has 0 bridgehead atoms. The first-order valence-corrected chi connectivity index (χ1v) is 13.9. The molecule has 0 N–H and O–H groups in total. The standard InChI is InChI=1S/C29H22BrClN2O4S/c30-21-11-12-24-22(16-21)20(17-32(24)13-6-14-37-26-10-5-4-9-23(26)31)15-27-28(35)33(29(36)38-27)18-25(34)19-7-2-1-3-8-19/h1-5,7-12,15-17H,6,13-14,18H2/b27-15-. The summed E-state index contributed by atoms with van der Waals surface area (Å²) in [6.07, 6.45) is 4.43. The van der Waals surface area contributed by atoms with Crippen LogP contribution in [-0.4, -0.2) is 39.5 Å². The number of thioether (sulfide) groups is 1. The number of benzene rings is 3. The summed E-state index contributed by atoms with van der Waals surface area (Å²) in [6.45, 7) is 0.887. The Kier molecular flexibility index (Phi) is 8.02. The fourth-order valence-corrected chi connectivity index (χ4v) is 5.59. The highest BCUT2D eigenvalue weighted by atomic mass is 79.9. The molecule has 4 aromatic rings. The Morgan fingerprint density at radius 1 is 1.03 bits per heavy atom. The van der Waals surface area contributed by atoms with Crippen LogP contribution >= 0.6 is 39.3 Å². The number of halogens is 2. The van der Waals surface area contributed by atoms with E-state index in [0.717, 1.165) is 44.0 Å². The van der Waals surface area contributed by atoms with E-state index >= 15 is 0 Å². The Balaban J connectivity index is 1.33. The topological polar surface area (TPSA) is 68.6 Å². The maximum atomic E-state index is 13.1. The number of aromatic nitrogens is 1. The number of carbonyl (C=O) groups excluding carboxylic acids is 3. The number of para-hydroxylation sites is 1. The molecular weight excluding hydrogens is 588 g/mol. The van der Waals surface area contributed by atoms with E-state index in [2.05, 4.69) is 20.5 Å². The number of Topliss-reactive ketones (excluding diaryl/α,β-unsaturated/α-hetero) is 1. The van der Waals surface area contributed by atoms with Gasteiger partial charge in [0.1, 0.15) is 5.75 Å². The molecule has 0 aliphatic carbocycles. The van der Waals surface area contributed by atoms with Gasteiger partial charge in [0, 0.05) is 39.2 Å². The number of nitrogens with zero attached hydrogens (tertiary/aromatic N) is 2. The summed E-state index contributed by atoms with van der Waals surface area (Å²) in [5.41, 5.74) is 2.27. The molecule has 9 heteroatoms. The number of carbonyl (C=O) groups is 3. The number of amides is 2. The summed E-state index contributed by atoms with van der Waals surface area (Å²) in [6, 6.07) is 22.0. The molecule has 1 fully saturated rings. The lowest BCUT2D eigenvalue weighted by molar-refractivity contribution is -0.122. The van der Waals surface area contributed by atoms with Crippen molar-refractivity contribution in [3.8, 4) is 5.75 Å². The van der Waals surface area contributed by atoms with Gasteiger partial charge in [0.2, 0.25) is 0 Å². The zero-order chi connectivity index (χ0) is 26.6. The second-order valence-corrected chi connectivity index (χ2v) is 10.9. The first-order valence-electron chi connectivity index (χ1n) is 11.9. The van der Waals surface area contributed by atoms with Crippen LogP contribution in [0.2, 0.25) is 5.02 Å². The van der Waals surface area contributed by atoms with Crippen molar-refractivity contribution in [3.05, 3.63) is 105 Å². The predicted molar refractivity (Wildman–Crippen MR) is 155 cm³/mol. The predicted octanol–water partition coefficient (Wildman–Crippen LogP) is 7.45.